The molecule has 0 aliphatic carbocycles. The lowest BCUT2D eigenvalue weighted by molar-refractivity contribution is -0.0649. The van der Waals surface area contributed by atoms with Gasteiger partial charge in [-0.05, 0) is 44.0 Å². The summed E-state index contributed by atoms with van der Waals surface area (Å²) in [5.74, 6) is 0.948. The van der Waals surface area contributed by atoms with Crippen LogP contribution in [-0.4, -0.2) is 26.4 Å². The van der Waals surface area contributed by atoms with E-state index in [1.54, 1.807) is 0 Å². The van der Waals surface area contributed by atoms with Crippen molar-refractivity contribution in [1.29, 1.82) is 0 Å². The molecule has 0 radical (unpaired) electrons. The summed E-state index contributed by atoms with van der Waals surface area (Å²) in [6.07, 6.45) is 2.14. The smallest absolute Gasteiger partial charge is 0.119 e. The minimum absolute atomic E-state index is 0.173. The molecule has 0 bridgehead atoms. The summed E-state index contributed by atoms with van der Waals surface area (Å²) in [4.78, 5) is 0. The first-order valence-electron chi connectivity index (χ1n) is 6.32. The van der Waals surface area contributed by atoms with Gasteiger partial charge in [0.05, 0.1) is 19.8 Å². The predicted octanol–water partition coefficient (Wildman–Crippen LogP) is 2.09. The minimum Gasteiger partial charge on any atom is -0.494 e. The van der Waals surface area contributed by atoms with Crippen LogP contribution in [0.25, 0.3) is 0 Å². The zero-order valence-electron chi connectivity index (χ0n) is 10.4. The summed E-state index contributed by atoms with van der Waals surface area (Å²) in [7, 11) is 0. The number of benzene rings is 1. The van der Waals surface area contributed by atoms with Gasteiger partial charge in [-0.2, -0.15) is 0 Å². The summed E-state index contributed by atoms with van der Waals surface area (Å²) < 4.78 is 11.0. The van der Waals surface area contributed by atoms with Crippen molar-refractivity contribution >= 4 is 0 Å². The molecule has 1 aliphatic heterocycles. The molecule has 1 fully saturated rings. The highest BCUT2D eigenvalue weighted by molar-refractivity contribution is 5.35. The molecule has 3 heteroatoms. The van der Waals surface area contributed by atoms with E-state index in [2.05, 4.69) is 18.2 Å². The normalized spacial score (nSPS) is 17.5. The van der Waals surface area contributed by atoms with Crippen molar-refractivity contribution in [1.82, 2.24) is 0 Å². The van der Waals surface area contributed by atoms with Crippen molar-refractivity contribution in [3.05, 3.63) is 29.8 Å². The van der Waals surface area contributed by atoms with Gasteiger partial charge in [-0.1, -0.05) is 12.1 Å². The lowest BCUT2D eigenvalue weighted by Crippen LogP contribution is -2.47. The zero-order valence-corrected chi connectivity index (χ0v) is 10.4. The average molecular weight is 235 g/mol. The largest absolute Gasteiger partial charge is 0.494 e. The molecule has 1 saturated heterocycles. The van der Waals surface area contributed by atoms with Crippen molar-refractivity contribution in [2.24, 2.45) is 5.73 Å². The highest BCUT2D eigenvalue weighted by Gasteiger charge is 2.39. The first kappa shape index (κ1) is 12.4. The van der Waals surface area contributed by atoms with Gasteiger partial charge in [-0.3, -0.25) is 0 Å². The van der Waals surface area contributed by atoms with E-state index < -0.39 is 0 Å². The van der Waals surface area contributed by atoms with Gasteiger partial charge in [0.1, 0.15) is 5.75 Å². The molecule has 1 heterocycles. The van der Waals surface area contributed by atoms with Crippen molar-refractivity contribution in [3.63, 3.8) is 0 Å². The summed E-state index contributed by atoms with van der Waals surface area (Å²) in [6.45, 7) is 5.07. The molecule has 1 aromatic rings. The second-order valence-electron chi connectivity index (χ2n) is 4.63. The van der Waals surface area contributed by atoms with Crippen LogP contribution in [0.15, 0.2) is 24.3 Å². The highest BCUT2D eigenvalue weighted by Crippen LogP contribution is 2.37. The molecule has 3 nitrogen and oxygen atoms in total. The Balaban J connectivity index is 2.15. The van der Waals surface area contributed by atoms with Crippen LogP contribution in [0.1, 0.15) is 25.3 Å². The molecule has 0 spiro atoms. The molecule has 0 unspecified atom stereocenters. The molecule has 94 valence electrons. The Bertz CT molecular complexity index is 361. The standard InChI is InChI=1S/C14H21NO2/c1-2-17-13-6-3-5-12(9-13)14(7-4-8-15)10-16-11-14/h3,5-6,9H,2,4,7-8,10-11,15H2,1H3. The molecule has 2 N–H and O–H groups in total. The molecule has 0 amide bonds. The van der Waals surface area contributed by atoms with Crippen LogP contribution in [-0.2, 0) is 10.2 Å². The van der Waals surface area contributed by atoms with E-state index in [0.29, 0.717) is 6.61 Å². The first-order chi connectivity index (χ1) is 8.30. The lowest BCUT2D eigenvalue weighted by atomic mass is 9.75. The number of hydrogen-bond acceptors (Lipinski definition) is 3. The van der Waals surface area contributed by atoms with Gasteiger partial charge >= 0.3 is 0 Å². The number of rotatable bonds is 6. The minimum atomic E-state index is 0.173. The van der Waals surface area contributed by atoms with Crippen molar-refractivity contribution in [2.75, 3.05) is 26.4 Å². The van der Waals surface area contributed by atoms with Crippen LogP contribution in [0.2, 0.25) is 0 Å². The summed E-state index contributed by atoms with van der Waals surface area (Å²) in [5.41, 5.74) is 7.10. The number of ether oxygens (including phenoxy) is 2. The van der Waals surface area contributed by atoms with Gasteiger partial charge in [0, 0.05) is 5.41 Å². The Labute approximate surface area is 103 Å². The Hall–Kier alpha value is -1.06. The van der Waals surface area contributed by atoms with Crippen LogP contribution < -0.4 is 10.5 Å². The lowest BCUT2D eigenvalue weighted by Gasteiger charge is -2.42. The number of nitrogens with two attached hydrogens (primary N) is 1. The number of hydrogen-bond donors (Lipinski definition) is 1. The van der Waals surface area contributed by atoms with Gasteiger partial charge in [0.15, 0.2) is 0 Å². The monoisotopic (exact) mass is 235 g/mol. The second-order valence-corrected chi connectivity index (χ2v) is 4.63. The Morgan fingerprint density at radius 3 is 2.82 bits per heavy atom. The maximum absolute atomic E-state index is 5.60. The zero-order chi connectivity index (χ0) is 12.1. The predicted molar refractivity (Wildman–Crippen MR) is 68.4 cm³/mol. The fraction of sp³-hybridized carbons (Fsp3) is 0.571. The topological polar surface area (TPSA) is 44.5 Å². The quantitative estimate of drug-likeness (QED) is 0.821. The third kappa shape index (κ3) is 2.61. The van der Waals surface area contributed by atoms with Crippen LogP contribution >= 0.6 is 0 Å². The second kappa shape index (κ2) is 5.52. The molecular formula is C14H21NO2. The molecule has 1 aliphatic rings. The Kier molecular flexibility index (Phi) is 4.02. The molecule has 17 heavy (non-hydrogen) atoms. The average Bonchev–Trinajstić information content (AvgIpc) is 2.29. The molecule has 2 rings (SSSR count). The van der Waals surface area contributed by atoms with E-state index >= 15 is 0 Å². The fourth-order valence-corrected chi connectivity index (χ4v) is 2.33. The Morgan fingerprint density at radius 2 is 2.24 bits per heavy atom. The SMILES string of the molecule is CCOc1cccc(C2(CCCN)COC2)c1. The van der Waals surface area contributed by atoms with E-state index in [9.17, 15) is 0 Å². The summed E-state index contributed by atoms with van der Waals surface area (Å²) in [5, 5.41) is 0. The van der Waals surface area contributed by atoms with E-state index in [1.807, 2.05) is 13.0 Å². The van der Waals surface area contributed by atoms with Crippen molar-refractivity contribution in [3.8, 4) is 5.75 Å². The van der Waals surface area contributed by atoms with E-state index in [4.69, 9.17) is 15.2 Å². The maximum Gasteiger partial charge on any atom is 0.119 e. The molecule has 0 saturated carbocycles. The van der Waals surface area contributed by atoms with Crippen molar-refractivity contribution in [2.45, 2.75) is 25.2 Å². The van der Waals surface area contributed by atoms with Crippen LogP contribution in [0.3, 0.4) is 0 Å². The van der Waals surface area contributed by atoms with E-state index in [0.717, 1.165) is 38.3 Å². The van der Waals surface area contributed by atoms with Gasteiger partial charge in [0.25, 0.3) is 0 Å². The molecule has 0 atom stereocenters. The van der Waals surface area contributed by atoms with Gasteiger partial charge < -0.3 is 15.2 Å². The van der Waals surface area contributed by atoms with Crippen molar-refractivity contribution < 1.29 is 9.47 Å². The highest BCUT2D eigenvalue weighted by atomic mass is 16.5. The first-order valence-corrected chi connectivity index (χ1v) is 6.32. The summed E-state index contributed by atoms with van der Waals surface area (Å²) in [6, 6.07) is 8.37. The van der Waals surface area contributed by atoms with E-state index in [1.165, 1.54) is 5.56 Å². The molecule has 0 aromatic heterocycles. The van der Waals surface area contributed by atoms with Crippen LogP contribution in [0, 0.1) is 0 Å². The van der Waals surface area contributed by atoms with Crippen LogP contribution in [0.5, 0.6) is 5.75 Å². The van der Waals surface area contributed by atoms with Gasteiger partial charge in [-0.15, -0.1) is 0 Å². The molecular weight excluding hydrogens is 214 g/mol. The summed E-state index contributed by atoms with van der Waals surface area (Å²) >= 11 is 0. The molecule has 1 aromatic carbocycles. The van der Waals surface area contributed by atoms with Crippen LogP contribution in [0.4, 0.5) is 0 Å². The maximum atomic E-state index is 5.60. The van der Waals surface area contributed by atoms with Gasteiger partial charge in [-0.25, -0.2) is 0 Å². The third-order valence-electron chi connectivity index (χ3n) is 3.37. The van der Waals surface area contributed by atoms with Gasteiger partial charge in [0.2, 0.25) is 0 Å². The van der Waals surface area contributed by atoms with E-state index in [-0.39, 0.29) is 5.41 Å². The Morgan fingerprint density at radius 1 is 1.41 bits per heavy atom. The fourth-order valence-electron chi connectivity index (χ4n) is 2.33. The third-order valence-corrected chi connectivity index (χ3v) is 3.37.